The lowest BCUT2D eigenvalue weighted by Crippen LogP contribution is -2.46. The van der Waals surface area contributed by atoms with Crippen LogP contribution in [0.2, 0.25) is 0 Å². The smallest absolute Gasteiger partial charge is 0.338 e. The number of carbonyl (C=O) groups is 2. The lowest BCUT2D eigenvalue weighted by atomic mass is 10.00. The molecule has 2 aliphatic heterocycles. The number of nitriles is 1. The molecule has 2 saturated heterocycles. The van der Waals surface area contributed by atoms with Gasteiger partial charge < -0.3 is 20.3 Å². The van der Waals surface area contributed by atoms with Gasteiger partial charge >= 0.3 is 5.97 Å². The minimum absolute atomic E-state index is 0.0756. The number of benzene rings is 2. The summed E-state index contributed by atoms with van der Waals surface area (Å²) in [6.45, 7) is 4.47. The largest absolute Gasteiger partial charge is 0.462 e. The zero-order valence-electron chi connectivity index (χ0n) is 18.3. The second-order valence-corrected chi connectivity index (χ2v) is 8.23. The van der Waals surface area contributed by atoms with Crippen molar-refractivity contribution in [3.8, 4) is 17.2 Å². The Balaban J connectivity index is 1.47. The van der Waals surface area contributed by atoms with E-state index in [2.05, 4.69) is 21.6 Å². The van der Waals surface area contributed by atoms with Crippen molar-refractivity contribution in [2.24, 2.45) is 0 Å². The van der Waals surface area contributed by atoms with Crippen LogP contribution in [0.15, 0.2) is 42.5 Å². The first kappa shape index (κ1) is 21.8. The molecular formula is C25H28N4O3. The summed E-state index contributed by atoms with van der Waals surface area (Å²) in [7, 11) is 0. The first-order valence-corrected chi connectivity index (χ1v) is 11.2. The van der Waals surface area contributed by atoms with E-state index in [-0.39, 0.29) is 24.0 Å². The molecule has 2 aliphatic rings. The summed E-state index contributed by atoms with van der Waals surface area (Å²) in [5, 5.41) is 16.2. The quantitative estimate of drug-likeness (QED) is 0.682. The number of ether oxygens (including phenoxy) is 1. The zero-order chi connectivity index (χ0) is 22.5. The molecule has 2 atom stereocenters. The Morgan fingerprint density at radius 2 is 2.06 bits per heavy atom. The first-order chi connectivity index (χ1) is 15.6. The van der Waals surface area contributed by atoms with Gasteiger partial charge in [0.05, 0.1) is 29.5 Å². The molecule has 1 amide bonds. The summed E-state index contributed by atoms with van der Waals surface area (Å²) < 4.78 is 5.09. The third-order valence-electron chi connectivity index (χ3n) is 6.08. The predicted molar refractivity (Wildman–Crippen MR) is 122 cm³/mol. The van der Waals surface area contributed by atoms with Crippen LogP contribution >= 0.6 is 0 Å². The predicted octanol–water partition coefficient (Wildman–Crippen LogP) is 2.85. The number of esters is 1. The molecule has 0 saturated carbocycles. The van der Waals surface area contributed by atoms with E-state index in [1.165, 1.54) is 0 Å². The fourth-order valence-corrected chi connectivity index (χ4v) is 4.43. The van der Waals surface area contributed by atoms with Gasteiger partial charge in [0.25, 0.3) is 0 Å². The highest BCUT2D eigenvalue weighted by Gasteiger charge is 2.29. The van der Waals surface area contributed by atoms with Crippen LogP contribution in [0, 0.1) is 11.3 Å². The van der Waals surface area contributed by atoms with Gasteiger partial charge in [-0.1, -0.05) is 18.2 Å². The van der Waals surface area contributed by atoms with Crippen LogP contribution < -0.4 is 15.5 Å². The SMILES string of the molecule is CCOC(=O)c1cccc(-c2ccc(N3CC[C@H](NC(=O)[C@@H]4CCCN4)C3)c(C#N)c2)c1. The average Bonchev–Trinajstić information content (AvgIpc) is 3.51. The number of anilines is 1. The monoisotopic (exact) mass is 432 g/mol. The molecule has 2 heterocycles. The Morgan fingerprint density at radius 1 is 1.22 bits per heavy atom. The fourth-order valence-electron chi connectivity index (χ4n) is 4.43. The minimum atomic E-state index is -0.357. The van der Waals surface area contributed by atoms with E-state index >= 15 is 0 Å². The van der Waals surface area contributed by atoms with Crippen molar-refractivity contribution in [1.29, 1.82) is 5.26 Å². The molecule has 4 rings (SSSR count). The Labute approximate surface area is 188 Å². The first-order valence-electron chi connectivity index (χ1n) is 11.2. The van der Waals surface area contributed by atoms with Crippen molar-refractivity contribution in [1.82, 2.24) is 10.6 Å². The molecule has 0 aliphatic carbocycles. The van der Waals surface area contributed by atoms with E-state index in [1.54, 1.807) is 19.1 Å². The number of amides is 1. The highest BCUT2D eigenvalue weighted by atomic mass is 16.5. The van der Waals surface area contributed by atoms with E-state index < -0.39 is 0 Å². The van der Waals surface area contributed by atoms with Gasteiger partial charge in [0.1, 0.15) is 6.07 Å². The molecule has 0 spiro atoms. The van der Waals surface area contributed by atoms with Gasteiger partial charge in [0, 0.05) is 19.1 Å². The lowest BCUT2D eigenvalue weighted by Gasteiger charge is -2.21. The second-order valence-electron chi connectivity index (χ2n) is 8.23. The molecule has 2 fully saturated rings. The molecule has 7 nitrogen and oxygen atoms in total. The van der Waals surface area contributed by atoms with Gasteiger partial charge in [-0.25, -0.2) is 4.79 Å². The number of nitrogens with zero attached hydrogens (tertiary/aromatic N) is 2. The third-order valence-corrected chi connectivity index (χ3v) is 6.08. The zero-order valence-corrected chi connectivity index (χ0v) is 18.3. The standard InChI is InChI=1S/C25H28N4O3/c1-2-32-25(31)19-6-3-5-17(13-19)18-8-9-23(20(14-18)15-26)29-12-10-21(16-29)28-24(30)22-7-4-11-27-22/h3,5-6,8-9,13-14,21-22,27H,2,4,7,10-12,16H2,1H3,(H,28,30)/t21-,22-/m0/s1. The van der Waals surface area contributed by atoms with E-state index in [9.17, 15) is 14.9 Å². The number of hydrogen-bond donors (Lipinski definition) is 2. The molecule has 0 unspecified atom stereocenters. The van der Waals surface area contributed by atoms with Gasteiger partial charge in [-0.05, 0) is 68.1 Å². The summed E-state index contributed by atoms with van der Waals surface area (Å²) in [5.74, 6) is -0.281. The molecule has 0 bridgehead atoms. The Morgan fingerprint density at radius 3 is 2.81 bits per heavy atom. The number of nitrogens with one attached hydrogen (secondary N) is 2. The summed E-state index contributed by atoms with van der Waals surface area (Å²) >= 11 is 0. The second kappa shape index (κ2) is 9.84. The van der Waals surface area contributed by atoms with Crippen molar-refractivity contribution in [2.45, 2.75) is 38.3 Å². The Kier molecular flexibility index (Phi) is 6.72. The van der Waals surface area contributed by atoms with Crippen molar-refractivity contribution in [3.63, 3.8) is 0 Å². The summed E-state index contributed by atoms with van der Waals surface area (Å²) in [4.78, 5) is 26.6. The Hall–Kier alpha value is -3.37. The highest BCUT2D eigenvalue weighted by molar-refractivity contribution is 5.91. The maximum atomic E-state index is 12.4. The van der Waals surface area contributed by atoms with E-state index in [0.29, 0.717) is 24.3 Å². The molecular weight excluding hydrogens is 404 g/mol. The van der Waals surface area contributed by atoms with Crippen LogP contribution in [-0.4, -0.2) is 50.2 Å². The molecule has 0 aromatic heterocycles. The molecule has 2 aromatic carbocycles. The van der Waals surface area contributed by atoms with Crippen molar-refractivity contribution in [3.05, 3.63) is 53.6 Å². The summed E-state index contributed by atoms with van der Waals surface area (Å²) in [6, 6.07) is 15.3. The molecule has 7 heteroatoms. The van der Waals surface area contributed by atoms with Crippen molar-refractivity contribution < 1.29 is 14.3 Å². The number of hydrogen-bond acceptors (Lipinski definition) is 6. The van der Waals surface area contributed by atoms with Crippen LogP contribution in [0.1, 0.15) is 42.1 Å². The van der Waals surface area contributed by atoms with Gasteiger partial charge in [-0.2, -0.15) is 5.26 Å². The highest BCUT2D eigenvalue weighted by Crippen LogP contribution is 2.30. The van der Waals surface area contributed by atoms with Crippen molar-refractivity contribution >= 4 is 17.6 Å². The topological polar surface area (TPSA) is 94.5 Å². The average molecular weight is 433 g/mol. The minimum Gasteiger partial charge on any atom is -0.462 e. The van der Waals surface area contributed by atoms with E-state index in [0.717, 1.165) is 49.2 Å². The van der Waals surface area contributed by atoms with Gasteiger partial charge in [0.15, 0.2) is 0 Å². The molecule has 0 radical (unpaired) electrons. The molecule has 2 N–H and O–H groups in total. The van der Waals surface area contributed by atoms with Crippen LogP contribution in [0.5, 0.6) is 0 Å². The lowest BCUT2D eigenvalue weighted by molar-refractivity contribution is -0.123. The van der Waals surface area contributed by atoms with Gasteiger partial charge in [-0.15, -0.1) is 0 Å². The fraction of sp³-hybridized carbons (Fsp3) is 0.400. The van der Waals surface area contributed by atoms with Crippen LogP contribution in [0.3, 0.4) is 0 Å². The van der Waals surface area contributed by atoms with Crippen LogP contribution in [-0.2, 0) is 9.53 Å². The summed E-state index contributed by atoms with van der Waals surface area (Å²) in [5.41, 5.74) is 3.66. The molecule has 2 aromatic rings. The maximum absolute atomic E-state index is 12.4. The summed E-state index contributed by atoms with van der Waals surface area (Å²) in [6.07, 6.45) is 2.78. The third kappa shape index (κ3) is 4.76. The van der Waals surface area contributed by atoms with Gasteiger partial charge in [0.2, 0.25) is 5.91 Å². The van der Waals surface area contributed by atoms with E-state index in [4.69, 9.17) is 4.74 Å². The van der Waals surface area contributed by atoms with Crippen LogP contribution in [0.4, 0.5) is 5.69 Å². The number of rotatable bonds is 6. The van der Waals surface area contributed by atoms with E-state index in [1.807, 2.05) is 30.3 Å². The van der Waals surface area contributed by atoms with Crippen LogP contribution in [0.25, 0.3) is 11.1 Å². The van der Waals surface area contributed by atoms with Crippen molar-refractivity contribution in [2.75, 3.05) is 31.1 Å². The molecule has 166 valence electrons. The Bertz CT molecular complexity index is 1040. The normalized spacial score (nSPS) is 20.1. The number of carbonyl (C=O) groups excluding carboxylic acids is 2. The van der Waals surface area contributed by atoms with Gasteiger partial charge in [-0.3, -0.25) is 4.79 Å². The maximum Gasteiger partial charge on any atom is 0.338 e. The molecule has 32 heavy (non-hydrogen) atoms.